The third-order valence-corrected chi connectivity index (χ3v) is 9.44. The SMILES string of the molecule is CC[C@@H](C)[C@H]1C(=O)O[C@H](C(C)C)C(=O)N(C)[C@@H](CC(C)C)C(=O)O[C@H](C(C)C)C(=O)N(C)[C@@H]([C@H](C)CC)C(=O)O[C@H](C(C)C)C(=O)N1C. The van der Waals surface area contributed by atoms with Crippen LogP contribution in [0, 0.1) is 35.5 Å². The fourth-order valence-electron chi connectivity index (χ4n) is 5.89. The predicted molar refractivity (Wildman–Crippen MR) is 182 cm³/mol. The molecule has 1 rings (SSSR count). The molecule has 0 radical (unpaired) electrons. The number of amides is 3. The molecule has 276 valence electrons. The van der Waals surface area contributed by atoms with E-state index in [1.165, 1.54) is 35.8 Å². The third-order valence-electron chi connectivity index (χ3n) is 9.44. The Kier molecular flexibility index (Phi) is 16.6. The summed E-state index contributed by atoms with van der Waals surface area (Å²) in [6, 6.07) is -3.29. The van der Waals surface area contributed by atoms with Gasteiger partial charge in [0.2, 0.25) is 0 Å². The van der Waals surface area contributed by atoms with E-state index < -0.39 is 89.8 Å². The molecule has 12 nitrogen and oxygen atoms in total. The van der Waals surface area contributed by atoms with Crippen molar-refractivity contribution in [2.24, 2.45) is 35.5 Å². The van der Waals surface area contributed by atoms with Crippen molar-refractivity contribution in [1.82, 2.24) is 14.7 Å². The molecule has 0 spiro atoms. The number of likely N-dealkylation sites (N-methyl/N-ethyl adjacent to an activating group) is 3. The van der Waals surface area contributed by atoms with Crippen molar-refractivity contribution in [1.29, 1.82) is 0 Å². The molecule has 12 heteroatoms. The highest BCUT2D eigenvalue weighted by Gasteiger charge is 2.45. The lowest BCUT2D eigenvalue weighted by atomic mass is 9.95. The molecule has 1 heterocycles. The average Bonchev–Trinajstić information content (AvgIpc) is 3.01. The zero-order valence-corrected chi connectivity index (χ0v) is 32.1. The van der Waals surface area contributed by atoms with Gasteiger partial charge in [-0.15, -0.1) is 0 Å². The Morgan fingerprint density at radius 1 is 0.500 bits per heavy atom. The summed E-state index contributed by atoms with van der Waals surface area (Å²) < 4.78 is 17.7. The number of ether oxygens (including phenoxy) is 3. The van der Waals surface area contributed by atoms with Gasteiger partial charge in [-0.1, -0.05) is 95.9 Å². The lowest BCUT2D eigenvalue weighted by Crippen LogP contribution is -2.57. The summed E-state index contributed by atoms with van der Waals surface area (Å²) in [5.74, 6) is -6.39. The van der Waals surface area contributed by atoms with E-state index >= 15 is 0 Å². The summed E-state index contributed by atoms with van der Waals surface area (Å²) in [7, 11) is 4.38. The molecule has 48 heavy (non-hydrogen) atoms. The van der Waals surface area contributed by atoms with Crippen LogP contribution in [0.4, 0.5) is 0 Å². The topological polar surface area (TPSA) is 140 Å². The van der Waals surface area contributed by atoms with Gasteiger partial charge in [-0.2, -0.15) is 0 Å². The van der Waals surface area contributed by atoms with Crippen LogP contribution in [0.2, 0.25) is 0 Å². The molecule has 1 fully saturated rings. The van der Waals surface area contributed by atoms with Crippen molar-refractivity contribution in [3.63, 3.8) is 0 Å². The first-order chi connectivity index (χ1) is 22.1. The summed E-state index contributed by atoms with van der Waals surface area (Å²) >= 11 is 0. The highest BCUT2D eigenvalue weighted by molar-refractivity contribution is 5.94. The molecule has 1 aliphatic heterocycles. The molecule has 1 saturated heterocycles. The lowest BCUT2D eigenvalue weighted by molar-refractivity contribution is -0.181. The highest BCUT2D eigenvalue weighted by Crippen LogP contribution is 2.26. The van der Waals surface area contributed by atoms with Gasteiger partial charge < -0.3 is 28.9 Å². The van der Waals surface area contributed by atoms with Gasteiger partial charge in [0.1, 0.15) is 18.1 Å². The summed E-state index contributed by atoms with van der Waals surface area (Å²) in [6.07, 6.45) is -2.59. The summed E-state index contributed by atoms with van der Waals surface area (Å²) in [5, 5.41) is 0. The number of carbonyl (C=O) groups excluding carboxylic acids is 6. The number of esters is 3. The molecule has 0 aromatic carbocycles. The van der Waals surface area contributed by atoms with Crippen molar-refractivity contribution in [2.45, 2.75) is 139 Å². The van der Waals surface area contributed by atoms with Gasteiger partial charge in [0.25, 0.3) is 17.7 Å². The van der Waals surface area contributed by atoms with Crippen LogP contribution in [-0.2, 0) is 43.0 Å². The molecule has 0 aromatic heterocycles. The number of rotatable bonds is 9. The molecule has 0 bridgehead atoms. The Hall–Kier alpha value is -3.18. The second-order valence-electron chi connectivity index (χ2n) is 15.0. The van der Waals surface area contributed by atoms with Crippen LogP contribution in [0.15, 0.2) is 0 Å². The summed E-state index contributed by atoms with van der Waals surface area (Å²) in [4.78, 5) is 87.7. The molecule has 0 aromatic rings. The average molecular weight is 682 g/mol. The number of cyclic esters (lactones) is 3. The predicted octanol–water partition coefficient (Wildman–Crippen LogP) is 4.32. The number of carbonyl (C=O) groups is 6. The van der Waals surface area contributed by atoms with Crippen molar-refractivity contribution in [3.05, 3.63) is 0 Å². The van der Waals surface area contributed by atoms with E-state index in [0.29, 0.717) is 12.8 Å². The van der Waals surface area contributed by atoms with Crippen molar-refractivity contribution in [3.8, 4) is 0 Å². The van der Waals surface area contributed by atoms with Gasteiger partial charge in [-0.25, -0.2) is 14.4 Å². The van der Waals surface area contributed by atoms with E-state index in [9.17, 15) is 28.8 Å². The lowest BCUT2D eigenvalue weighted by Gasteiger charge is -2.38. The minimum Gasteiger partial charge on any atom is -0.450 e. The van der Waals surface area contributed by atoms with E-state index in [4.69, 9.17) is 14.2 Å². The Morgan fingerprint density at radius 2 is 0.792 bits per heavy atom. The minimum atomic E-state index is -1.28. The van der Waals surface area contributed by atoms with E-state index in [-0.39, 0.29) is 24.2 Å². The van der Waals surface area contributed by atoms with E-state index in [1.54, 1.807) is 55.4 Å². The molecule has 1 aliphatic rings. The number of hydrogen-bond acceptors (Lipinski definition) is 9. The molecular weight excluding hydrogens is 618 g/mol. The van der Waals surface area contributed by atoms with Gasteiger partial charge in [0, 0.05) is 21.1 Å². The zero-order valence-electron chi connectivity index (χ0n) is 32.1. The molecular formula is C36H63N3O9. The fourth-order valence-corrected chi connectivity index (χ4v) is 5.89. The molecule has 0 saturated carbocycles. The second-order valence-corrected chi connectivity index (χ2v) is 15.0. The number of nitrogens with zero attached hydrogens (tertiary/aromatic N) is 3. The summed E-state index contributed by atoms with van der Waals surface area (Å²) in [6.45, 7) is 21.5. The Balaban J connectivity index is 4.02. The molecule has 0 unspecified atom stereocenters. The van der Waals surface area contributed by atoms with Crippen LogP contribution < -0.4 is 0 Å². The standard InChI is InChI=1S/C36H63N3O9/c1-16-23(11)26-35(44)47-28(20(5)6)31(40)37(13)25(18-19(3)4)34(43)46-29(21(7)8)32(41)38(14)27(24(12)17-2)36(45)48-30(22(9)10)33(42)39(26)15/h19-30H,16-18H2,1-15H3/t23-,24-,25+,26+,27+,28-,29-,30-/m1/s1. The molecule has 3 amide bonds. The fraction of sp³-hybridized carbons (Fsp3) is 0.833. The Morgan fingerprint density at radius 3 is 1.06 bits per heavy atom. The summed E-state index contributed by atoms with van der Waals surface area (Å²) in [5.41, 5.74) is 0. The van der Waals surface area contributed by atoms with Gasteiger partial charge >= 0.3 is 17.9 Å². The quantitative estimate of drug-likeness (QED) is 0.257. The van der Waals surface area contributed by atoms with Crippen LogP contribution in [0.25, 0.3) is 0 Å². The van der Waals surface area contributed by atoms with Crippen molar-refractivity contribution >= 4 is 35.6 Å². The smallest absolute Gasteiger partial charge is 0.329 e. The molecule has 8 atom stereocenters. The van der Waals surface area contributed by atoms with Crippen molar-refractivity contribution in [2.75, 3.05) is 21.1 Å². The first-order valence-electron chi connectivity index (χ1n) is 17.6. The highest BCUT2D eigenvalue weighted by atomic mass is 16.6. The monoisotopic (exact) mass is 681 g/mol. The van der Waals surface area contributed by atoms with Crippen LogP contribution in [0.1, 0.15) is 102 Å². The third kappa shape index (κ3) is 10.4. The first-order valence-corrected chi connectivity index (χ1v) is 17.6. The normalized spacial score (nSPS) is 27.7. The maximum Gasteiger partial charge on any atom is 0.329 e. The van der Waals surface area contributed by atoms with Gasteiger partial charge in [-0.3, -0.25) is 14.4 Å². The van der Waals surface area contributed by atoms with E-state index in [0.717, 1.165) is 0 Å². The second kappa shape index (κ2) is 18.5. The van der Waals surface area contributed by atoms with Gasteiger partial charge in [-0.05, 0) is 41.9 Å². The van der Waals surface area contributed by atoms with Crippen LogP contribution >= 0.6 is 0 Å². The Labute approximate surface area is 288 Å². The molecule has 0 aliphatic carbocycles. The minimum absolute atomic E-state index is 0.0421. The number of hydrogen-bond donors (Lipinski definition) is 0. The van der Waals surface area contributed by atoms with E-state index in [1.807, 2.05) is 27.7 Å². The van der Waals surface area contributed by atoms with Crippen molar-refractivity contribution < 1.29 is 43.0 Å². The zero-order chi connectivity index (χ0) is 37.4. The Bertz CT molecular complexity index is 1120. The van der Waals surface area contributed by atoms with Crippen LogP contribution in [0.5, 0.6) is 0 Å². The van der Waals surface area contributed by atoms with Crippen LogP contribution in [0.3, 0.4) is 0 Å². The van der Waals surface area contributed by atoms with Crippen LogP contribution in [-0.4, -0.2) is 108 Å². The molecule has 0 N–H and O–H groups in total. The van der Waals surface area contributed by atoms with Gasteiger partial charge in [0.05, 0.1) is 0 Å². The van der Waals surface area contributed by atoms with E-state index in [2.05, 4.69) is 0 Å². The maximum absolute atomic E-state index is 14.1. The largest absolute Gasteiger partial charge is 0.450 e. The van der Waals surface area contributed by atoms with Gasteiger partial charge in [0.15, 0.2) is 18.3 Å². The maximum atomic E-state index is 14.1. The first kappa shape index (κ1) is 42.8.